The Labute approximate surface area is 342 Å². The summed E-state index contributed by atoms with van der Waals surface area (Å²) in [7, 11) is 0. The van der Waals surface area contributed by atoms with Crippen LogP contribution in [0, 0.1) is 11.2 Å². The number of benzene rings is 2. The van der Waals surface area contributed by atoms with E-state index in [0.717, 1.165) is 115 Å². The van der Waals surface area contributed by atoms with Crippen molar-refractivity contribution in [1.29, 1.82) is 0 Å². The lowest BCUT2D eigenvalue weighted by Crippen LogP contribution is -2.54. The van der Waals surface area contributed by atoms with Crippen molar-refractivity contribution in [2.24, 2.45) is 10.4 Å². The fourth-order valence-corrected chi connectivity index (χ4v) is 9.20. The Balaban J connectivity index is 0.00000305. The lowest BCUT2D eigenvalue weighted by atomic mass is 9.81. The Morgan fingerprint density at radius 3 is 2.33 bits per heavy atom. The summed E-state index contributed by atoms with van der Waals surface area (Å²) in [6, 6.07) is 7.59. The number of aryl methyl sites for hydroxylation is 1. The number of hydrogen-bond acceptors (Lipinski definition) is 8. The van der Waals surface area contributed by atoms with Gasteiger partial charge in [0.2, 0.25) is 0 Å². The van der Waals surface area contributed by atoms with Crippen LogP contribution >= 0.6 is 0 Å². The molecule has 8 nitrogen and oxygen atoms in total. The molecule has 2 aliphatic heterocycles. The highest BCUT2D eigenvalue weighted by Crippen LogP contribution is 2.46. The molecule has 0 saturated carbocycles. The van der Waals surface area contributed by atoms with E-state index in [4.69, 9.17) is 19.7 Å². The van der Waals surface area contributed by atoms with Crippen LogP contribution in [-0.2, 0) is 6.42 Å². The van der Waals surface area contributed by atoms with Crippen molar-refractivity contribution in [2.75, 3.05) is 37.7 Å². The van der Waals surface area contributed by atoms with Crippen molar-refractivity contribution in [2.45, 2.75) is 151 Å². The maximum Gasteiger partial charge on any atom is 0.318 e. The molecule has 0 spiro atoms. The number of aliphatic hydroxyl groups excluding tert-OH is 1. The summed E-state index contributed by atoms with van der Waals surface area (Å²) < 4.78 is 22.3. The van der Waals surface area contributed by atoms with Gasteiger partial charge in [0.15, 0.2) is 0 Å². The first kappa shape index (κ1) is 44.3. The smallest absolute Gasteiger partial charge is 0.318 e. The molecular weight excluding hydrogens is 714 g/mol. The van der Waals surface area contributed by atoms with E-state index in [1.54, 1.807) is 18.2 Å². The number of aliphatic hydroxyl groups is 1. The van der Waals surface area contributed by atoms with Gasteiger partial charge in [0, 0.05) is 60.9 Å². The van der Waals surface area contributed by atoms with E-state index in [-0.39, 0.29) is 41.7 Å². The van der Waals surface area contributed by atoms with Gasteiger partial charge in [0.1, 0.15) is 17.4 Å². The highest BCUT2D eigenvalue weighted by molar-refractivity contribution is 6.50. The summed E-state index contributed by atoms with van der Waals surface area (Å²) in [5.41, 5.74) is 5.58. The average Bonchev–Trinajstić information content (AvgIpc) is 3.47. The Morgan fingerprint density at radius 2 is 1.70 bits per heavy atom. The van der Waals surface area contributed by atoms with Crippen LogP contribution in [0.15, 0.2) is 35.3 Å². The number of anilines is 1. The van der Waals surface area contributed by atoms with Gasteiger partial charge in [0.25, 0.3) is 0 Å². The van der Waals surface area contributed by atoms with Crippen molar-refractivity contribution in [1.82, 2.24) is 14.9 Å². The van der Waals surface area contributed by atoms with Gasteiger partial charge in [-0.15, -0.1) is 0 Å². The van der Waals surface area contributed by atoms with Crippen LogP contribution < -0.4 is 9.64 Å². The molecular formula is C48H70FN5O3. The zero-order valence-electron chi connectivity index (χ0n) is 36.4. The standard InChI is InChI=1S/C46H64FN5O3.C2H6/c1-8-12-14-21-46(7,20-13-9-2)29-55-45-49-40-26-38(37-25-34(54)24-31-16-19-39(47)35(10-3)41(31)37)43(48-30(5)6)36(11-4)42(40)44(50-45)52-32-17-18-33(52)28-51(27-32)22-15-23-53;1-2/h11,16,19,24-26,30,32-33,53-54H,8-10,12-15,17-18,20-23,27-29H2,1-7H3;1-2H3/b36-11-,48-43?;. The van der Waals surface area contributed by atoms with E-state index in [1.165, 1.54) is 25.3 Å². The van der Waals surface area contributed by atoms with E-state index >= 15 is 4.39 Å². The van der Waals surface area contributed by atoms with Crippen LogP contribution in [0.25, 0.3) is 28.0 Å². The number of phenols is 1. The minimum Gasteiger partial charge on any atom is -0.508 e. The Morgan fingerprint density at radius 1 is 1.00 bits per heavy atom. The lowest BCUT2D eigenvalue weighted by molar-refractivity contribution is 0.125. The molecule has 3 unspecified atom stereocenters. The third-order valence-corrected chi connectivity index (χ3v) is 11.9. The van der Waals surface area contributed by atoms with Crippen LogP contribution in [-0.4, -0.2) is 81.8 Å². The van der Waals surface area contributed by atoms with Crippen molar-refractivity contribution in [3.05, 3.63) is 58.5 Å². The number of phenolic OH excluding ortho intramolecular Hbond substituents is 1. The SMILES string of the molecule is C/C=C1\C(=NC(C)C)C(c2cc(O)cc3ccc(F)c(CC)c23)=Cc2nc(OCC(C)(CCCC)CCCCC)nc(N3C4CCC3CN(CCCO)C4)c21.CC. The number of aromatic nitrogens is 2. The molecule has 2 bridgehead atoms. The van der Waals surface area contributed by atoms with Gasteiger partial charge >= 0.3 is 6.01 Å². The van der Waals surface area contributed by atoms with Gasteiger partial charge < -0.3 is 19.8 Å². The van der Waals surface area contributed by atoms with Crippen LogP contribution in [0.3, 0.4) is 0 Å². The molecule has 3 heterocycles. The molecule has 1 aliphatic carbocycles. The number of unbranched alkanes of at least 4 members (excludes halogenated alkanes) is 3. The number of likely N-dealkylation sites (tertiary alicyclic amines) is 1. The van der Waals surface area contributed by atoms with E-state index in [1.807, 2.05) is 27.7 Å². The van der Waals surface area contributed by atoms with E-state index in [2.05, 4.69) is 56.6 Å². The molecule has 312 valence electrons. The summed E-state index contributed by atoms with van der Waals surface area (Å²) in [5.74, 6) is 0.744. The molecule has 3 atom stereocenters. The largest absolute Gasteiger partial charge is 0.508 e. The topological polar surface area (TPSA) is 94.3 Å². The fourth-order valence-electron chi connectivity index (χ4n) is 9.20. The molecule has 9 heteroatoms. The second-order valence-electron chi connectivity index (χ2n) is 16.7. The maximum absolute atomic E-state index is 15.5. The number of aliphatic imine (C=N–C) groups is 1. The zero-order chi connectivity index (χ0) is 41.3. The van der Waals surface area contributed by atoms with Crippen LogP contribution in [0.1, 0.15) is 149 Å². The molecule has 0 amide bonds. The monoisotopic (exact) mass is 784 g/mol. The number of allylic oxidation sites excluding steroid dienone is 3. The van der Waals surface area contributed by atoms with E-state index in [9.17, 15) is 10.2 Å². The second kappa shape index (κ2) is 20.2. The van der Waals surface area contributed by atoms with E-state index < -0.39 is 0 Å². The summed E-state index contributed by atoms with van der Waals surface area (Å²) in [4.78, 5) is 20.9. The van der Waals surface area contributed by atoms with Gasteiger partial charge in [-0.3, -0.25) is 9.89 Å². The average molecular weight is 784 g/mol. The normalized spacial score (nSPS) is 20.5. The number of ether oxygens (including phenoxy) is 1. The third kappa shape index (κ3) is 9.90. The Kier molecular flexibility index (Phi) is 15.7. The molecule has 57 heavy (non-hydrogen) atoms. The van der Waals surface area contributed by atoms with Gasteiger partial charge in [-0.25, -0.2) is 4.39 Å². The van der Waals surface area contributed by atoms with Crippen molar-refractivity contribution in [3.8, 4) is 11.8 Å². The van der Waals surface area contributed by atoms with Crippen LogP contribution in [0.2, 0.25) is 0 Å². The number of nitrogens with zero attached hydrogens (tertiary/aromatic N) is 5. The van der Waals surface area contributed by atoms with Gasteiger partial charge in [0.05, 0.1) is 23.6 Å². The number of hydrogen-bond donors (Lipinski definition) is 2. The van der Waals surface area contributed by atoms with Crippen LogP contribution in [0.5, 0.6) is 11.8 Å². The molecule has 2 aromatic carbocycles. The molecule has 2 saturated heterocycles. The van der Waals surface area contributed by atoms with Crippen molar-refractivity contribution < 1.29 is 19.3 Å². The summed E-state index contributed by atoms with van der Waals surface area (Å²) in [6.45, 7) is 22.5. The molecule has 1 aromatic heterocycles. The predicted octanol–water partition coefficient (Wildman–Crippen LogP) is 11.1. The fraction of sp³-hybridized carbons (Fsp3) is 0.604. The van der Waals surface area contributed by atoms with Crippen molar-refractivity contribution in [3.63, 3.8) is 0 Å². The van der Waals surface area contributed by atoms with Gasteiger partial charge in [-0.05, 0) is 105 Å². The van der Waals surface area contributed by atoms with Crippen molar-refractivity contribution >= 4 is 39.5 Å². The van der Waals surface area contributed by atoms with Gasteiger partial charge in [-0.1, -0.05) is 85.8 Å². The Hall–Kier alpha value is -3.82. The quantitative estimate of drug-likeness (QED) is 0.132. The number of aromatic hydroxyl groups is 1. The predicted molar refractivity (Wildman–Crippen MR) is 237 cm³/mol. The van der Waals surface area contributed by atoms with E-state index in [0.29, 0.717) is 24.6 Å². The van der Waals surface area contributed by atoms with Gasteiger partial charge in [-0.2, -0.15) is 9.97 Å². The maximum atomic E-state index is 15.5. The molecule has 2 fully saturated rings. The number of piperazine rings is 1. The number of halogens is 1. The Bertz CT molecular complexity index is 1910. The third-order valence-electron chi connectivity index (χ3n) is 11.9. The first-order valence-electron chi connectivity index (χ1n) is 22.1. The molecule has 6 rings (SSSR count). The lowest BCUT2D eigenvalue weighted by Gasteiger charge is -2.43. The molecule has 2 N–H and O–H groups in total. The molecule has 3 aliphatic rings. The summed E-state index contributed by atoms with van der Waals surface area (Å²) >= 11 is 0. The second-order valence-corrected chi connectivity index (χ2v) is 16.7. The zero-order valence-corrected chi connectivity index (χ0v) is 36.4. The minimum absolute atomic E-state index is 0.00957. The highest BCUT2D eigenvalue weighted by atomic mass is 19.1. The minimum atomic E-state index is -0.258. The summed E-state index contributed by atoms with van der Waals surface area (Å²) in [6.07, 6.45) is 15.7. The first-order valence-corrected chi connectivity index (χ1v) is 22.1. The number of rotatable bonds is 17. The van der Waals surface area contributed by atoms with Crippen LogP contribution in [0.4, 0.5) is 10.2 Å². The molecule has 0 radical (unpaired) electrons. The summed E-state index contributed by atoms with van der Waals surface area (Å²) in [5, 5.41) is 22.3. The highest BCUT2D eigenvalue weighted by Gasteiger charge is 2.43. The molecule has 3 aromatic rings. The first-order chi connectivity index (χ1) is 27.5. The number of fused-ring (bicyclic) bond motifs is 4.